The van der Waals surface area contributed by atoms with Crippen molar-refractivity contribution in [2.45, 2.75) is 71.6 Å². The van der Waals surface area contributed by atoms with Crippen molar-refractivity contribution in [2.24, 2.45) is 0 Å². The molecule has 64 heavy (non-hydrogen) atoms. The van der Waals surface area contributed by atoms with Crippen LogP contribution in [-0.4, -0.2) is 16.2 Å². The summed E-state index contributed by atoms with van der Waals surface area (Å²) in [6.45, 7) is 19.2. The van der Waals surface area contributed by atoms with Crippen molar-refractivity contribution in [3.8, 4) is 5.82 Å². The number of para-hydroxylation sites is 4. The van der Waals surface area contributed by atoms with Crippen LogP contribution in [0.3, 0.4) is 0 Å². The molecule has 0 spiro atoms. The van der Waals surface area contributed by atoms with Crippen molar-refractivity contribution in [1.29, 1.82) is 0 Å². The molecule has 0 saturated heterocycles. The van der Waals surface area contributed by atoms with Crippen molar-refractivity contribution < 1.29 is 0 Å². The molecule has 7 aromatic carbocycles. The van der Waals surface area contributed by atoms with Crippen molar-refractivity contribution in [1.82, 2.24) is 9.55 Å². The Labute approximate surface area is 378 Å². The fourth-order valence-corrected chi connectivity index (χ4v) is 9.41. The van der Waals surface area contributed by atoms with Crippen LogP contribution in [0.2, 0.25) is 0 Å². The van der Waals surface area contributed by atoms with Crippen LogP contribution in [0.25, 0.3) is 27.6 Å². The van der Waals surface area contributed by atoms with E-state index in [0.29, 0.717) is 6.67 Å². The van der Waals surface area contributed by atoms with Gasteiger partial charge >= 0.3 is 0 Å². The minimum absolute atomic E-state index is 0.0153. The van der Waals surface area contributed by atoms with Crippen molar-refractivity contribution >= 4 is 61.6 Å². The van der Waals surface area contributed by atoms with Gasteiger partial charge in [-0.1, -0.05) is 152 Å². The first kappa shape index (κ1) is 40.9. The predicted molar refractivity (Wildman–Crippen MR) is 271 cm³/mol. The van der Waals surface area contributed by atoms with Crippen LogP contribution in [0.1, 0.15) is 77.6 Å². The number of benzene rings is 7. The average molecular weight is 836 g/mol. The van der Waals surface area contributed by atoms with Gasteiger partial charge in [-0.3, -0.25) is 4.57 Å². The van der Waals surface area contributed by atoms with E-state index in [1.54, 1.807) is 0 Å². The molecule has 0 aliphatic carbocycles. The van der Waals surface area contributed by atoms with E-state index in [4.69, 9.17) is 4.98 Å². The van der Waals surface area contributed by atoms with E-state index in [-0.39, 0.29) is 16.2 Å². The van der Waals surface area contributed by atoms with Crippen molar-refractivity contribution in [3.05, 3.63) is 210 Å². The molecule has 5 heteroatoms. The van der Waals surface area contributed by atoms with Gasteiger partial charge in [0.15, 0.2) is 0 Å². The highest BCUT2D eigenvalue weighted by atomic mass is 15.4. The number of nitrogens with zero attached hydrogens (tertiary/aromatic N) is 5. The van der Waals surface area contributed by atoms with Gasteiger partial charge in [0.25, 0.3) is 0 Å². The van der Waals surface area contributed by atoms with Gasteiger partial charge < -0.3 is 14.7 Å². The molecule has 0 atom stereocenters. The maximum atomic E-state index is 5.06. The molecule has 1 aliphatic rings. The zero-order valence-corrected chi connectivity index (χ0v) is 38.3. The molecule has 3 heterocycles. The van der Waals surface area contributed by atoms with Crippen molar-refractivity contribution in [3.63, 3.8) is 0 Å². The summed E-state index contributed by atoms with van der Waals surface area (Å²) in [4.78, 5) is 12.4. The van der Waals surface area contributed by atoms with Gasteiger partial charge in [0.2, 0.25) is 0 Å². The number of hydrogen-bond donors (Lipinski definition) is 0. The second-order valence-corrected chi connectivity index (χ2v) is 19.9. The largest absolute Gasteiger partial charge is 0.321 e. The Balaban J connectivity index is 1.09. The van der Waals surface area contributed by atoms with Gasteiger partial charge in [0.05, 0.1) is 22.4 Å². The normalized spacial score (nSPS) is 13.2. The summed E-state index contributed by atoms with van der Waals surface area (Å²) < 4.78 is 2.34. The minimum atomic E-state index is -0.212. The van der Waals surface area contributed by atoms with E-state index in [9.17, 15) is 0 Å². The Hall–Kier alpha value is -7.11. The van der Waals surface area contributed by atoms with Gasteiger partial charge in [-0.15, -0.1) is 0 Å². The van der Waals surface area contributed by atoms with Crippen LogP contribution in [-0.2, 0) is 16.2 Å². The van der Waals surface area contributed by atoms with E-state index in [1.807, 2.05) is 6.20 Å². The van der Waals surface area contributed by atoms with Crippen LogP contribution < -0.4 is 14.7 Å². The summed E-state index contributed by atoms with van der Waals surface area (Å²) in [5, 5.41) is 2.39. The Morgan fingerprint density at radius 3 is 1.69 bits per heavy atom. The molecule has 318 valence electrons. The lowest BCUT2D eigenvalue weighted by atomic mass is 9.78. The highest BCUT2D eigenvalue weighted by molar-refractivity contribution is 6.10. The summed E-state index contributed by atoms with van der Waals surface area (Å²) in [6, 6.07) is 66.5. The zero-order valence-electron chi connectivity index (χ0n) is 38.3. The standard InChI is InChI=1S/C59H57N5/c1-57(2,3)43-34-44(58(4,5)6)36-49(35-43)62-40-61(53-28-17-18-29-54(53)62)46-24-19-25-47(38-46)63(45-22-13-10-14-23-45)48-30-31-51-50-26-15-16-27-52(50)64(55(51)39-48)56-37-42(32-33-60-56)59(7,8)41-20-11-9-12-21-41/h9-39H,40H2,1-8H3. The summed E-state index contributed by atoms with van der Waals surface area (Å²) in [5.74, 6) is 0.901. The molecule has 9 aromatic rings. The molecule has 5 nitrogen and oxygen atoms in total. The van der Waals surface area contributed by atoms with Gasteiger partial charge in [0, 0.05) is 50.8 Å². The van der Waals surface area contributed by atoms with E-state index in [2.05, 4.69) is 257 Å². The minimum Gasteiger partial charge on any atom is -0.321 e. The average Bonchev–Trinajstić information content (AvgIpc) is 3.85. The first-order valence-electron chi connectivity index (χ1n) is 22.6. The SMILES string of the molecule is CC(C)(C)c1cc(N2CN(c3cccc(N(c4ccccc4)c4ccc5c6ccccc6n(-c6cc(C(C)(C)c7ccccc7)ccn6)c5c4)c3)c3ccccc32)cc(C(C)(C)C)c1. The van der Waals surface area contributed by atoms with E-state index in [1.165, 1.54) is 50.1 Å². The Morgan fingerprint density at radius 2 is 1.00 bits per heavy atom. The molecule has 0 bridgehead atoms. The fourth-order valence-electron chi connectivity index (χ4n) is 9.41. The molecular formula is C59H57N5. The third-order valence-electron chi connectivity index (χ3n) is 13.2. The molecule has 0 unspecified atom stereocenters. The predicted octanol–water partition coefficient (Wildman–Crippen LogP) is 15.8. The third-order valence-corrected chi connectivity index (χ3v) is 13.2. The molecule has 0 fully saturated rings. The zero-order chi connectivity index (χ0) is 44.4. The Bertz CT molecular complexity index is 3120. The maximum absolute atomic E-state index is 5.06. The van der Waals surface area contributed by atoms with Crippen molar-refractivity contribution in [2.75, 3.05) is 21.4 Å². The molecular weight excluding hydrogens is 779 g/mol. The molecule has 0 radical (unpaired) electrons. The Morgan fingerprint density at radius 1 is 0.422 bits per heavy atom. The Kier molecular flexibility index (Phi) is 9.98. The van der Waals surface area contributed by atoms with E-state index >= 15 is 0 Å². The number of rotatable bonds is 8. The van der Waals surface area contributed by atoms with Gasteiger partial charge in [-0.05, 0) is 118 Å². The summed E-state index contributed by atoms with van der Waals surface area (Å²) in [6.07, 6.45) is 1.96. The summed E-state index contributed by atoms with van der Waals surface area (Å²) in [7, 11) is 0. The van der Waals surface area contributed by atoms with Gasteiger partial charge in [0.1, 0.15) is 12.5 Å². The van der Waals surface area contributed by atoms with Gasteiger partial charge in [-0.2, -0.15) is 0 Å². The second-order valence-electron chi connectivity index (χ2n) is 19.9. The number of anilines is 7. The van der Waals surface area contributed by atoms with E-state index < -0.39 is 0 Å². The van der Waals surface area contributed by atoms with Crippen LogP contribution in [0.5, 0.6) is 0 Å². The topological polar surface area (TPSA) is 27.5 Å². The molecule has 0 amide bonds. The number of fused-ring (bicyclic) bond motifs is 4. The first-order valence-corrected chi connectivity index (χ1v) is 22.6. The number of aromatic nitrogens is 2. The number of pyridine rings is 1. The highest BCUT2D eigenvalue weighted by Gasteiger charge is 2.31. The third kappa shape index (κ3) is 7.29. The first-order chi connectivity index (χ1) is 30.8. The van der Waals surface area contributed by atoms with Crippen LogP contribution in [0.15, 0.2) is 188 Å². The lowest BCUT2D eigenvalue weighted by Gasteiger charge is -2.30. The van der Waals surface area contributed by atoms with Crippen LogP contribution in [0.4, 0.5) is 39.8 Å². The highest BCUT2D eigenvalue weighted by Crippen LogP contribution is 2.47. The lowest BCUT2D eigenvalue weighted by molar-refractivity contribution is 0.568. The monoisotopic (exact) mass is 835 g/mol. The molecule has 2 aromatic heterocycles. The fraction of sp³-hybridized carbons (Fsp3) is 0.203. The molecule has 0 saturated carbocycles. The smallest absolute Gasteiger partial charge is 0.137 e. The maximum Gasteiger partial charge on any atom is 0.137 e. The van der Waals surface area contributed by atoms with Gasteiger partial charge in [-0.25, -0.2) is 4.98 Å². The molecule has 10 rings (SSSR count). The lowest BCUT2D eigenvalue weighted by Crippen LogP contribution is -2.25. The summed E-state index contributed by atoms with van der Waals surface area (Å²) in [5.41, 5.74) is 15.2. The quantitative estimate of drug-likeness (QED) is 0.152. The van der Waals surface area contributed by atoms with E-state index in [0.717, 1.165) is 39.6 Å². The van der Waals surface area contributed by atoms with Crippen LogP contribution in [0, 0.1) is 0 Å². The number of hydrogen-bond acceptors (Lipinski definition) is 4. The summed E-state index contributed by atoms with van der Waals surface area (Å²) >= 11 is 0. The molecule has 1 aliphatic heterocycles. The van der Waals surface area contributed by atoms with Crippen LogP contribution >= 0.6 is 0 Å². The molecule has 0 N–H and O–H groups in total. The second kappa shape index (κ2) is 15.6.